The number of rotatable bonds is 14. The van der Waals surface area contributed by atoms with Gasteiger partial charge in [0.25, 0.3) is 5.91 Å². The zero-order valence-electron chi connectivity index (χ0n) is 28.4. The quantitative estimate of drug-likeness (QED) is 0.158. The van der Waals surface area contributed by atoms with E-state index >= 15 is 0 Å². The van der Waals surface area contributed by atoms with E-state index in [-0.39, 0.29) is 48.9 Å². The SMILES string of the molecule is CCOP(=O)(Cc1ccc(Nc2ncc(C(F)(F)F)c(Nc3ccc([C@H]4CC[C@@H](OCC)CC4)c4c3C(=O)N(C)C4)n2)c(OC)c1)OCC. The van der Waals surface area contributed by atoms with Gasteiger partial charge in [0.15, 0.2) is 0 Å². The van der Waals surface area contributed by atoms with Gasteiger partial charge in [0.05, 0.1) is 49.5 Å². The van der Waals surface area contributed by atoms with Crippen molar-refractivity contribution in [2.45, 2.75) is 77.4 Å². The van der Waals surface area contributed by atoms with Crippen molar-refractivity contribution in [2.24, 2.45) is 0 Å². The molecule has 3 aromatic rings. The predicted molar refractivity (Wildman–Crippen MR) is 180 cm³/mol. The molecule has 1 aliphatic carbocycles. The van der Waals surface area contributed by atoms with Crippen LogP contribution in [0.4, 0.5) is 36.3 Å². The van der Waals surface area contributed by atoms with Crippen LogP contribution in [0.25, 0.3) is 0 Å². The van der Waals surface area contributed by atoms with Gasteiger partial charge in [-0.05, 0) is 87.3 Å². The van der Waals surface area contributed by atoms with Crippen molar-refractivity contribution >= 4 is 36.6 Å². The number of nitrogens with zero attached hydrogens (tertiary/aromatic N) is 3. The van der Waals surface area contributed by atoms with Crippen LogP contribution in [-0.2, 0) is 37.2 Å². The van der Waals surface area contributed by atoms with Gasteiger partial charge in [-0.15, -0.1) is 0 Å². The Hall–Kier alpha value is -3.71. The summed E-state index contributed by atoms with van der Waals surface area (Å²) in [5, 5.41) is 5.76. The molecule has 0 spiro atoms. The molecule has 0 unspecified atom stereocenters. The second kappa shape index (κ2) is 15.5. The Labute approximate surface area is 284 Å². The van der Waals surface area contributed by atoms with E-state index in [2.05, 4.69) is 20.6 Å². The van der Waals surface area contributed by atoms with Crippen molar-refractivity contribution < 1.29 is 41.1 Å². The minimum absolute atomic E-state index is 0.00171. The highest BCUT2D eigenvalue weighted by atomic mass is 31.2. The average Bonchev–Trinajstić information content (AvgIpc) is 3.36. The highest BCUT2D eigenvalue weighted by Crippen LogP contribution is 2.52. The van der Waals surface area contributed by atoms with Gasteiger partial charge < -0.3 is 34.1 Å². The Morgan fingerprint density at radius 1 is 0.980 bits per heavy atom. The van der Waals surface area contributed by atoms with Crippen LogP contribution in [0.2, 0.25) is 0 Å². The molecule has 266 valence electrons. The number of hydrogen-bond donors (Lipinski definition) is 2. The average molecular weight is 706 g/mol. The summed E-state index contributed by atoms with van der Waals surface area (Å²) in [5.41, 5.74) is 2.33. The number of benzene rings is 2. The third-order valence-corrected chi connectivity index (χ3v) is 10.8. The second-order valence-electron chi connectivity index (χ2n) is 12.0. The summed E-state index contributed by atoms with van der Waals surface area (Å²) in [6, 6.07) is 8.50. The summed E-state index contributed by atoms with van der Waals surface area (Å²) in [5.74, 6) is -0.382. The fourth-order valence-corrected chi connectivity index (χ4v) is 8.20. The van der Waals surface area contributed by atoms with Crippen molar-refractivity contribution in [3.8, 4) is 5.75 Å². The van der Waals surface area contributed by atoms with E-state index in [0.717, 1.165) is 36.8 Å². The van der Waals surface area contributed by atoms with E-state index in [1.54, 1.807) is 50.1 Å². The molecule has 2 aliphatic rings. The van der Waals surface area contributed by atoms with Crippen LogP contribution in [0.3, 0.4) is 0 Å². The minimum atomic E-state index is -4.78. The van der Waals surface area contributed by atoms with Crippen LogP contribution in [0.5, 0.6) is 5.75 Å². The van der Waals surface area contributed by atoms with Crippen molar-refractivity contribution in [2.75, 3.05) is 44.6 Å². The van der Waals surface area contributed by atoms with Crippen LogP contribution in [0.15, 0.2) is 36.5 Å². The molecule has 1 fully saturated rings. The molecular formula is C34H43F3N5O6P. The summed E-state index contributed by atoms with van der Waals surface area (Å²) < 4.78 is 77.9. The Morgan fingerprint density at radius 3 is 2.31 bits per heavy atom. The number of anilines is 4. The number of nitrogens with one attached hydrogen (secondary N) is 2. The molecule has 1 amide bonds. The maximum atomic E-state index is 14.2. The van der Waals surface area contributed by atoms with Crippen LogP contribution in [0.1, 0.15) is 85.0 Å². The Bertz CT molecular complexity index is 1690. The maximum Gasteiger partial charge on any atom is 0.421 e. The van der Waals surface area contributed by atoms with Gasteiger partial charge in [-0.1, -0.05) is 12.1 Å². The Kier molecular flexibility index (Phi) is 11.5. The third-order valence-electron chi connectivity index (χ3n) is 8.71. The number of carbonyl (C=O) groups excluding carboxylic acids is 1. The molecule has 0 bridgehead atoms. The molecule has 0 radical (unpaired) electrons. The van der Waals surface area contributed by atoms with E-state index < -0.39 is 25.2 Å². The summed E-state index contributed by atoms with van der Waals surface area (Å²) in [6.45, 7) is 6.89. The number of methoxy groups -OCH3 is 1. The van der Waals surface area contributed by atoms with Crippen molar-refractivity contribution in [1.29, 1.82) is 0 Å². The zero-order valence-corrected chi connectivity index (χ0v) is 29.2. The number of aromatic nitrogens is 2. The molecule has 2 N–H and O–H groups in total. The molecular weight excluding hydrogens is 662 g/mol. The molecule has 15 heteroatoms. The number of alkyl halides is 3. The molecule has 1 aromatic heterocycles. The molecule has 2 aromatic carbocycles. The van der Waals surface area contributed by atoms with E-state index in [1.165, 1.54) is 7.11 Å². The molecule has 11 nitrogen and oxygen atoms in total. The first-order valence-corrected chi connectivity index (χ1v) is 18.2. The van der Waals surface area contributed by atoms with Crippen LogP contribution in [0, 0.1) is 0 Å². The topological polar surface area (TPSA) is 124 Å². The number of ether oxygens (including phenoxy) is 2. The number of hydrogen-bond acceptors (Lipinski definition) is 10. The number of amides is 1. The summed E-state index contributed by atoms with van der Waals surface area (Å²) in [6.07, 6.45) is -0.223. The lowest BCUT2D eigenvalue weighted by Gasteiger charge is -2.30. The van der Waals surface area contributed by atoms with Crippen molar-refractivity contribution in [3.63, 3.8) is 0 Å². The van der Waals surface area contributed by atoms with Crippen molar-refractivity contribution in [1.82, 2.24) is 14.9 Å². The van der Waals surface area contributed by atoms with E-state index in [1.807, 2.05) is 13.0 Å². The first-order chi connectivity index (χ1) is 23.4. The lowest BCUT2D eigenvalue weighted by Crippen LogP contribution is -2.21. The number of carbonyl (C=O) groups is 1. The fraction of sp³-hybridized carbons (Fsp3) is 0.500. The molecule has 1 saturated carbocycles. The van der Waals surface area contributed by atoms with Gasteiger partial charge in [0.1, 0.15) is 17.1 Å². The lowest BCUT2D eigenvalue weighted by molar-refractivity contribution is -0.137. The fourth-order valence-electron chi connectivity index (χ4n) is 6.52. The minimum Gasteiger partial charge on any atom is -0.495 e. The maximum absolute atomic E-state index is 14.2. The van der Waals surface area contributed by atoms with E-state index in [9.17, 15) is 22.5 Å². The van der Waals surface area contributed by atoms with Crippen LogP contribution >= 0.6 is 7.60 Å². The third kappa shape index (κ3) is 8.37. The molecule has 2 heterocycles. The smallest absolute Gasteiger partial charge is 0.421 e. The largest absolute Gasteiger partial charge is 0.495 e. The summed E-state index contributed by atoms with van der Waals surface area (Å²) in [4.78, 5) is 23.1. The van der Waals surface area contributed by atoms with Gasteiger partial charge in [0.2, 0.25) is 5.95 Å². The second-order valence-corrected chi connectivity index (χ2v) is 14.0. The standard InChI is InChI=1S/C34H43F3N5O6P/c1-6-46-23-12-10-22(11-13-23)24-14-16-28(30-25(24)19-42(4)32(30)43)39-31-26(34(35,36)37)18-38-33(41-31)40-27-15-9-21(17-29(27)45-5)20-49(44,47-7-2)48-8-3/h9,14-18,22-23H,6-8,10-13,19-20H2,1-5H3,(H2,38,39,40,41)/t22-,23+. The van der Waals surface area contributed by atoms with E-state index in [0.29, 0.717) is 41.9 Å². The first-order valence-electron chi connectivity index (χ1n) is 16.5. The van der Waals surface area contributed by atoms with Crippen molar-refractivity contribution in [3.05, 3.63) is 64.3 Å². The number of halogens is 3. The molecule has 0 saturated heterocycles. The zero-order chi connectivity index (χ0) is 35.3. The first kappa shape index (κ1) is 36.6. The molecule has 1 aliphatic heterocycles. The summed E-state index contributed by atoms with van der Waals surface area (Å²) in [7, 11) is -0.283. The van der Waals surface area contributed by atoms with Gasteiger partial charge >= 0.3 is 13.8 Å². The molecule has 0 atom stereocenters. The normalized spacial score (nSPS) is 18.0. The van der Waals surface area contributed by atoms with Gasteiger partial charge in [-0.3, -0.25) is 9.36 Å². The van der Waals surface area contributed by atoms with Gasteiger partial charge in [0, 0.05) is 26.4 Å². The molecule has 5 rings (SSSR count). The lowest BCUT2D eigenvalue weighted by atomic mass is 9.80. The predicted octanol–water partition coefficient (Wildman–Crippen LogP) is 8.41. The van der Waals surface area contributed by atoms with Crippen LogP contribution in [-0.4, -0.2) is 60.9 Å². The molecule has 49 heavy (non-hydrogen) atoms. The highest BCUT2D eigenvalue weighted by Gasteiger charge is 2.38. The van der Waals surface area contributed by atoms with Gasteiger partial charge in [-0.25, -0.2) is 4.98 Å². The Balaban J connectivity index is 1.44. The highest BCUT2D eigenvalue weighted by molar-refractivity contribution is 7.53. The van der Waals surface area contributed by atoms with Crippen LogP contribution < -0.4 is 15.4 Å². The Morgan fingerprint density at radius 2 is 1.67 bits per heavy atom. The van der Waals surface area contributed by atoms with E-state index in [4.69, 9.17) is 18.5 Å². The van der Waals surface area contributed by atoms with Gasteiger partial charge in [-0.2, -0.15) is 18.2 Å². The monoisotopic (exact) mass is 705 g/mol. The number of fused-ring (bicyclic) bond motifs is 1. The summed E-state index contributed by atoms with van der Waals surface area (Å²) >= 11 is 0.